The molecule has 0 radical (unpaired) electrons. The Morgan fingerprint density at radius 3 is 2.62 bits per heavy atom. The number of carbonyl (C=O) groups excluding carboxylic acids is 2. The van der Waals surface area contributed by atoms with Crippen molar-refractivity contribution in [3.05, 3.63) is 28.2 Å². The number of morpholine rings is 1. The van der Waals surface area contributed by atoms with E-state index in [0.717, 1.165) is 4.90 Å². The zero-order valence-electron chi connectivity index (χ0n) is 13.8. The van der Waals surface area contributed by atoms with E-state index in [1.165, 1.54) is 0 Å². The van der Waals surface area contributed by atoms with Gasteiger partial charge < -0.3 is 19.9 Å². The molecule has 2 atom stereocenters. The van der Waals surface area contributed by atoms with Gasteiger partial charge in [0.15, 0.2) is 12.6 Å². The summed E-state index contributed by atoms with van der Waals surface area (Å²) in [7, 11) is 1.83. The summed E-state index contributed by atoms with van der Waals surface area (Å²) in [5.74, 6) is -0.175. The van der Waals surface area contributed by atoms with Gasteiger partial charge in [-0.1, -0.05) is 23.2 Å². The number of ether oxygens (including phenoxy) is 1. The summed E-state index contributed by atoms with van der Waals surface area (Å²) in [5, 5.41) is 3.66. The molecule has 2 rings (SSSR count). The highest BCUT2D eigenvalue weighted by Crippen LogP contribution is 2.25. The first kappa shape index (κ1) is 19.0. The SMILES string of the molecule is C[C@H](C(=O)Nc1ccc(Cl)cc1Cl)[NH+](C)CC(=O)N1CCOCC1. The molecule has 24 heavy (non-hydrogen) atoms. The molecule has 2 N–H and O–H groups in total. The molecule has 1 aliphatic heterocycles. The van der Waals surface area contributed by atoms with Crippen molar-refractivity contribution >= 4 is 40.7 Å². The predicted octanol–water partition coefficient (Wildman–Crippen LogP) is 0.694. The molecule has 0 aliphatic carbocycles. The number of rotatable bonds is 5. The second kappa shape index (κ2) is 8.67. The smallest absolute Gasteiger partial charge is 0.282 e. The van der Waals surface area contributed by atoms with Crippen molar-refractivity contribution < 1.29 is 19.2 Å². The zero-order valence-corrected chi connectivity index (χ0v) is 15.3. The van der Waals surface area contributed by atoms with Gasteiger partial charge in [0.05, 0.1) is 31.0 Å². The molecule has 0 bridgehead atoms. The highest BCUT2D eigenvalue weighted by atomic mass is 35.5. The summed E-state index contributed by atoms with van der Waals surface area (Å²) < 4.78 is 5.24. The van der Waals surface area contributed by atoms with Crippen molar-refractivity contribution in [3.8, 4) is 0 Å². The fourth-order valence-electron chi connectivity index (χ4n) is 2.37. The van der Waals surface area contributed by atoms with E-state index in [0.29, 0.717) is 42.0 Å². The van der Waals surface area contributed by atoms with E-state index in [2.05, 4.69) is 5.32 Å². The molecule has 1 aromatic rings. The van der Waals surface area contributed by atoms with Gasteiger partial charge in [-0.25, -0.2) is 0 Å². The second-order valence-corrected chi connectivity index (χ2v) is 6.70. The van der Waals surface area contributed by atoms with Crippen LogP contribution in [0.4, 0.5) is 5.69 Å². The van der Waals surface area contributed by atoms with Gasteiger partial charge in [-0.3, -0.25) is 9.59 Å². The molecule has 6 nitrogen and oxygen atoms in total. The third kappa shape index (κ3) is 5.08. The number of carbonyl (C=O) groups is 2. The maximum Gasteiger partial charge on any atom is 0.282 e. The maximum absolute atomic E-state index is 12.4. The van der Waals surface area contributed by atoms with Crippen molar-refractivity contribution in [3.63, 3.8) is 0 Å². The van der Waals surface area contributed by atoms with Gasteiger partial charge in [0.25, 0.3) is 11.8 Å². The minimum absolute atomic E-state index is 0.0278. The van der Waals surface area contributed by atoms with E-state index < -0.39 is 6.04 Å². The first-order valence-corrected chi connectivity index (χ1v) is 8.58. The number of likely N-dealkylation sites (N-methyl/N-ethyl adjacent to an activating group) is 1. The quantitative estimate of drug-likeness (QED) is 0.796. The molecular formula is C16H22Cl2N3O3+. The van der Waals surface area contributed by atoms with Crippen LogP contribution >= 0.6 is 23.2 Å². The predicted molar refractivity (Wildman–Crippen MR) is 93.7 cm³/mol. The number of amides is 2. The number of benzene rings is 1. The van der Waals surface area contributed by atoms with Gasteiger partial charge in [-0.15, -0.1) is 0 Å². The fourth-order valence-corrected chi connectivity index (χ4v) is 2.83. The minimum Gasteiger partial charge on any atom is -0.378 e. The first-order valence-electron chi connectivity index (χ1n) is 7.82. The third-order valence-electron chi connectivity index (χ3n) is 4.12. The highest BCUT2D eigenvalue weighted by molar-refractivity contribution is 6.36. The van der Waals surface area contributed by atoms with E-state index >= 15 is 0 Å². The lowest BCUT2D eigenvalue weighted by Crippen LogP contribution is -3.15. The number of halogens is 2. The Bertz CT molecular complexity index is 606. The number of nitrogens with one attached hydrogen (secondary N) is 2. The molecule has 1 aromatic carbocycles. The van der Waals surface area contributed by atoms with Crippen molar-refractivity contribution in [2.45, 2.75) is 13.0 Å². The van der Waals surface area contributed by atoms with Crippen LogP contribution in [0.2, 0.25) is 10.0 Å². The monoisotopic (exact) mass is 374 g/mol. The summed E-state index contributed by atoms with van der Waals surface area (Å²) >= 11 is 11.9. The van der Waals surface area contributed by atoms with Crippen LogP contribution in [0, 0.1) is 0 Å². The lowest BCUT2D eigenvalue weighted by molar-refractivity contribution is -0.886. The van der Waals surface area contributed by atoms with E-state index in [1.807, 2.05) is 7.05 Å². The van der Waals surface area contributed by atoms with Gasteiger partial charge in [0, 0.05) is 18.1 Å². The number of quaternary nitrogens is 1. The van der Waals surface area contributed by atoms with Crippen LogP contribution in [0.5, 0.6) is 0 Å². The summed E-state index contributed by atoms with van der Waals surface area (Å²) in [6.45, 7) is 4.37. The molecule has 8 heteroatoms. The highest BCUT2D eigenvalue weighted by Gasteiger charge is 2.27. The molecule has 1 aliphatic rings. The van der Waals surface area contributed by atoms with Gasteiger partial charge in [0.1, 0.15) is 0 Å². The molecule has 2 amide bonds. The third-order valence-corrected chi connectivity index (χ3v) is 4.66. The number of hydrogen-bond acceptors (Lipinski definition) is 3. The van der Waals surface area contributed by atoms with Crippen molar-refractivity contribution in [1.29, 1.82) is 0 Å². The maximum atomic E-state index is 12.4. The Kier molecular flexibility index (Phi) is 6.86. The molecule has 1 fully saturated rings. The average Bonchev–Trinajstić information content (AvgIpc) is 2.57. The molecule has 1 unspecified atom stereocenters. The number of hydrogen-bond donors (Lipinski definition) is 2. The lowest BCUT2D eigenvalue weighted by Gasteiger charge is -2.28. The van der Waals surface area contributed by atoms with E-state index in [1.54, 1.807) is 30.0 Å². The topological polar surface area (TPSA) is 63.1 Å². The van der Waals surface area contributed by atoms with Crippen LogP contribution in [0.3, 0.4) is 0 Å². The van der Waals surface area contributed by atoms with Crippen LogP contribution in [0.25, 0.3) is 0 Å². The molecular weight excluding hydrogens is 353 g/mol. The first-order chi connectivity index (χ1) is 11.4. The van der Waals surface area contributed by atoms with Crippen molar-refractivity contribution in [2.24, 2.45) is 0 Å². The van der Waals surface area contributed by atoms with E-state index in [4.69, 9.17) is 27.9 Å². The minimum atomic E-state index is -0.401. The van der Waals surface area contributed by atoms with Crippen LogP contribution in [0.15, 0.2) is 18.2 Å². The Balaban J connectivity index is 1.90. The molecule has 1 heterocycles. The molecule has 0 saturated carbocycles. The average molecular weight is 375 g/mol. The van der Waals surface area contributed by atoms with E-state index in [-0.39, 0.29) is 18.4 Å². The van der Waals surface area contributed by atoms with Gasteiger partial charge in [-0.05, 0) is 25.1 Å². The molecule has 1 saturated heterocycles. The Morgan fingerprint density at radius 1 is 1.33 bits per heavy atom. The van der Waals surface area contributed by atoms with Crippen molar-refractivity contribution in [1.82, 2.24) is 4.90 Å². The largest absolute Gasteiger partial charge is 0.378 e. The van der Waals surface area contributed by atoms with Gasteiger partial charge in [0.2, 0.25) is 0 Å². The molecule has 0 aromatic heterocycles. The summed E-state index contributed by atoms with van der Waals surface area (Å²) in [4.78, 5) is 27.2. The summed E-state index contributed by atoms with van der Waals surface area (Å²) in [6.07, 6.45) is 0. The number of anilines is 1. The van der Waals surface area contributed by atoms with Crippen LogP contribution in [-0.2, 0) is 14.3 Å². The van der Waals surface area contributed by atoms with Gasteiger partial charge in [-0.2, -0.15) is 0 Å². The summed E-state index contributed by atoms with van der Waals surface area (Å²) in [6, 6.07) is 4.49. The Morgan fingerprint density at radius 2 is 2.00 bits per heavy atom. The van der Waals surface area contributed by atoms with E-state index in [9.17, 15) is 9.59 Å². The normalized spacial score (nSPS) is 17.2. The van der Waals surface area contributed by atoms with Gasteiger partial charge >= 0.3 is 0 Å². The zero-order chi connectivity index (χ0) is 17.7. The second-order valence-electron chi connectivity index (χ2n) is 5.85. The lowest BCUT2D eigenvalue weighted by atomic mass is 10.2. The standard InChI is InChI=1S/C16H21Cl2N3O3/c1-11(16(23)19-14-4-3-12(17)9-13(14)18)20(2)10-15(22)21-5-7-24-8-6-21/h3-4,9,11H,5-8,10H2,1-2H3,(H,19,23)/p+1/t11-/m1/s1. The number of nitrogens with zero attached hydrogens (tertiary/aromatic N) is 1. The van der Waals surface area contributed by atoms with Crippen LogP contribution in [0.1, 0.15) is 6.92 Å². The molecule has 0 spiro atoms. The molecule has 132 valence electrons. The van der Waals surface area contributed by atoms with Crippen molar-refractivity contribution in [2.75, 3.05) is 45.2 Å². The van der Waals surface area contributed by atoms with Crippen LogP contribution in [-0.4, -0.2) is 62.7 Å². The Labute approximate surface area is 151 Å². The fraction of sp³-hybridized carbons (Fsp3) is 0.500. The summed E-state index contributed by atoms with van der Waals surface area (Å²) in [5.41, 5.74) is 0.505. The van der Waals surface area contributed by atoms with Crippen LogP contribution < -0.4 is 10.2 Å². The Hall–Kier alpha value is -1.34.